The van der Waals surface area contributed by atoms with Gasteiger partial charge in [-0.05, 0) is 31.6 Å². The highest BCUT2D eigenvalue weighted by Crippen LogP contribution is 2.22. The summed E-state index contributed by atoms with van der Waals surface area (Å²) >= 11 is 1.67. The van der Waals surface area contributed by atoms with E-state index in [-0.39, 0.29) is 24.1 Å². The van der Waals surface area contributed by atoms with E-state index in [9.17, 15) is 9.59 Å². The van der Waals surface area contributed by atoms with Crippen LogP contribution in [0.2, 0.25) is 0 Å². The molecule has 1 atom stereocenters. The van der Waals surface area contributed by atoms with Gasteiger partial charge in [0.2, 0.25) is 5.91 Å². The van der Waals surface area contributed by atoms with E-state index in [0.717, 1.165) is 0 Å². The third kappa shape index (κ3) is 4.27. The second kappa shape index (κ2) is 7.19. The zero-order chi connectivity index (χ0) is 15.2. The Morgan fingerprint density at radius 2 is 2.14 bits per heavy atom. The first kappa shape index (κ1) is 15.5. The van der Waals surface area contributed by atoms with Gasteiger partial charge in [0.25, 0.3) is 5.56 Å². The van der Waals surface area contributed by atoms with Crippen molar-refractivity contribution in [3.63, 3.8) is 0 Å². The van der Waals surface area contributed by atoms with Crippen molar-refractivity contribution in [2.75, 3.05) is 20.6 Å². The second-order valence-electron chi connectivity index (χ2n) is 4.97. The first-order chi connectivity index (χ1) is 10.1. The number of rotatable bonds is 6. The number of hydrogen-bond acceptors (Lipinski definition) is 4. The minimum Gasteiger partial charge on any atom is -0.353 e. The summed E-state index contributed by atoms with van der Waals surface area (Å²) in [5, 5.41) is 4.92. The van der Waals surface area contributed by atoms with E-state index < -0.39 is 0 Å². The molecule has 0 aliphatic rings. The van der Waals surface area contributed by atoms with E-state index >= 15 is 0 Å². The Kier molecular flexibility index (Phi) is 5.30. The third-order valence-corrected chi connectivity index (χ3v) is 4.17. The van der Waals surface area contributed by atoms with Gasteiger partial charge in [-0.3, -0.25) is 9.59 Å². The van der Waals surface area contributed by atoms with Crippen molar-refractivity contribution in [3.05, 3.63) is 57.1 Å². The van der Waals surface area contributed by atoms with Gasteiger partial charge >= 0.3 is 0 Å². The van der Waals surface area contributed by atoms with E-state index in [2.05, 4.69) is 16.3 Å². The highest BCUT2D eigenvalue weighted by Gasteiger charge is 2.16. The maximum atomic E-state index is 12.0. The zero-order valence-corrected chi connectivity index (χ0v) is 13.0. The SMILES string of the molecule is CN(C)C(CNC(=O)Cn1ccccc1=O)c1cccs1. The fourth-order valence-electron chi connectivity index (χ4n) is 2.03. The van der Waals surface area contributed by atoms with Gasteiger partial charge in [0.05, 0.1) is 6.04 Å². The van der Waals surface area contributed by atoms with Crippen molar-refractivity contribution in [1.29, 1.82) is 0 Å². The average molecular weight is 305 g/mol. The highest BCUT2D eigenvalue weighted by atomic mass is 32.1. The number of thiophene rings is 1. The fourth-order valence-corrected chi connectivity index (χ4v) is 2.95. The molecule has 1 amide bonds. The summed E-state index contributed by atoms with van der Waals surface area (Å²) < 4.78 is 1.39. The molecule has 0 aromatic carbocycles. The molecule has 2 aromatic heterocycles. The van der Waals surface area contributed by atoms with Crippen LogP contribution in [0.4, 0.5) is 0 Å². The summed E-state index contributed by atoms with van der Waals surface area (Å²) in [6.07, 6.45) is 1.62. The lowest BCUT2D eigenvalue weighted by Crippen LogP contribution is -2.37. The van der Waals surface area contributed by atoms with Crippen molar-refractivity contribution in [1.82, 2.24) is 14.8 Å². The topological polar surface area (TPSA) is 54.3 Å². The Bertz CT molecular complexity index is 634. The molecule has 2 heterocycles. The second-order valence-corrected chi connectivity index (χ2v) is 5.94. The van der Waals surface area contributed by atoms with Crippen LogP contribution < -0.4 is 10.9 Å². The van der Waals surface area contributed by atoms with E-state index in [1.165, 1.54) is 15.5 Å². The lowest BCUT2D eigenvalue weighted by molar-refractivity contribution is -0.121. The Morgan fingerprint density at radius 3 is 2.76 bits per heavy atom. The molecule has 6 heteroatoms. The summed E-state index contributed by atoms with van der Waals surface area (Å²) in [5.41, 5.74) is -0.171. The predicted molar refractivity (Wildman–Crippen MR) is 84.5 cm³/mol. The molecule has 1 unspecified atom stereocenters. The van der Waals surface area contributed by atoms with Crippen molar-refractivity contribution in [3.8, 4) is 0 Å². The van der Waals surface area contributed by atoms with Gasteiger partial charge in [-0.15, -0.1) is 11.3 Å². The van der Waals surface area contributed by atoms with Crippen molar-refractivity contribution in [2.45, 2.75) is 12.6 Å². The number of pyridine rings is 1. The minimum atomic E-state index is -0.171. The molecule has 0 fully saturated rings. The van der Waals surface area contributed by atoms with Crippen LogP contribution in [-0.2, 0) is 11.3 Å². The number of hydrogen-bond donors (Lipinski definition) is 1. The molecule has 112 valence electrons. The van der Waals surface area contributed by atoms with Crippen LogP contribution in [0.1, 0.15) is 10.9 Å². The molecule has 2 aromatic rings. The fraction of sp³-hybridized carbons (Fsp3) is 0.333. The van der Waals surface area contributed by atoms with E-state index in [0.29, 0.717) is 6.54 Å². The molecule has 0 saturated heterocycles. The molecule has 5 nitrogen and oxygen atoms in total. The number of nitrogens with one attached hydrogen (secondary N) is 1. The third-order valence-electron chi connectivity index (χ3n) is 3.20. The van der Waals surface area contributed by atoms with Gasteiger partial charge in [-0.1, -0.05) is 12.1 Å². The van der Waals surface area contributed by atoms with Crippen LogP contribution in [-0.4, -0.2) is 36.0 Å². The van der Waals surface area contributed by atoms with Gasteiger partial charge in [0.1, 0.15) is 6.54 Å². The summed E-state index contributed by atoms with van der Waals surface area (Å²) in [7, 11) is 3.97. The molecule has 0 radical (unpaired) electrons. The van der Waals surface area contributed by atoms with Crippen LogP contribution in [0, 0.1) is 0 Å². The molecule has 21 heavy (non-hydrogen) atoms. The quantitative estimate of drug-likeness (QED) is 0.876. The van der Waals surface area contributed by atoms with E-state index in [1.807, 2.05) is 25.5 Å². The Morgan fingerprint density at radius 1 is 1.33 bits per heavy atom. The molecule has 0 saturated carbocycles. The highest BCUT2D eigenvalue weighted by molar-refractivity contribution is 7.10. The van der Waals surface area contributed by atoms with Crippen LogP contribution in [0.3, 0.4) is 0 Å². The summed E-state index contributed by atoms with van der Waals surface area (Å²) in [5.74, 6) is -0.160. The maximum Gasteiger partial charge on any atom is 0.250 e. The number of aromatic nitrogens is 1. The van der Waals surface area contributed by atoms with Crippen LogP contribution in [0.15, 0.2) is 46.7 Å². The average Bonchev–Trinajstić information content (AvgIpc) is 2.95. The van der Waals surface area contributed by atoms with Gasteiger partial charge in [0, 0.05) is 23.7 Å². The Balaban J connectivity index is 1.94. The normalized spacial score (nSPS) is 12.3. The van der Waals surface area contributed by atoms with Crippen molar-refractivity contribution >= 4 is 17.2 Å². The molecule has 0 aliphatic carbocycles. The molecule has 2 rings (SSSR count). The smallest absolute Gasteiger partial charge is 0.250 e. The molecule has 0 aliphatic heterocycles. The van der Waals surface area contributed by atoms with Crippen LogP contribution in [0.25, 0.3) is 0 Å². The molecule has 0 bridgehead atoms. The summed E-state index contributed by atoms with van der Waals surface area (Å²) in [6.45, 7) is 0.568. The number of likely N-dealkylation sites (N-methyl/N-ethyl adjacent to an activating group) is 1. The first-order valence-electron chi connectivity index (χ1n) is 6.70. The zero-order valence-electron chi connectivity index (χ0n) is 12.2. The van der Waals surface area contributed by atoms with Crippen LogP contribution >= 0.6 is 11.3 Å². The molecule has 1 N–H and O–H groups in total. The monoisotopic (exact) mass is 305 g/mol. The lowest BCUT2D eigenvalue weighted by atomic mass is 10.2. The number of nitrogens with zero attached hydrogens (tertiary/aromatic N) is 2. The van der Waals surface area contributed by atoms with Crippen LogP contribution in [0.5, 0.6) is 0 Å². The predicted octanol–water partition coefficient (Wildman–Crippen LogP) is 1.33. The first-order valence-corrected chi connectivity index (χ1v) is 7.58. The summed E-state index contributed by atoms with van der Waals surface area (Å²) in [4.78, 5) is 26.8. The van der Waals surface area contributed by atoms with Crippen molar-refractivity contribution < 1.29 is 4.79 Å². The van der Waals surface area contributed by atoms with Gasteiger partial charge in [0.15, 0.2) is 0 Å². The maximum absolute atomic E-state index is 12.0. The molecule has 0 spiro atoms. The number of amides is 1. The molecular weight excluding hydrogens is 286 g/mol. The molecular formula is C15H19N3O2S. The standard InChI is InChI=1S/C15H19N3O2S/c1-17(2)12(13-6-5-9-21-13)10-16-14(19)11-18-8-4-3-7-15(18)20/h3-9,12H,10-11H2,1-2H3,(H,16,19). The largest absolute Gasteiger partial charge is 0.353 e. The van der Waals surface area contributed by atoms with Gasteiger partial charge in [-0.25, -0.2) is 0 Å². The lowest BCUT2D eigenvalue weighted by Gasteiger charge is -2.23. The Hall–Kier alpha value is -1.92. The van der Waals surface area contributed by atoms with E-state index in [4.69, 9.17) is 0 Å². The minimum absolute atomic E-state index is 0.0459. The number of carbonyl (C=O) groups excluding carboxylic acids is 1. The van der Waals surface area contributed by atoms with Gasteiger partial charge < -0.3 is 14.8 Å². The number of carbonyl (C=O) groups is 1. The Labute approximate surface area is 127 Å². The summed E-state index contributed by atoms with van der Waals surface area (Å²) in [6, 6.07) is 9.05. The van der Waals surface area contributed by atoms with Crippen molar-refractivity contribution in [2.24, 2.45) is 0 Å². The van der Waals surface area contributed by atoms with Gasteiger partial charge in [-0.2, -0.15) is 0 Å². The van der Waals surface area contributed by atoms with E-state index in [1.54, 1.807) is 29.7 Å².